The van der Waals surface area contributed by atoms with E-state index in [0.29, 0.717) is 16.0 Å². The first-order chi connectivity index (χ1) is 8.67. The van der Waals surface area contributed by atoms with Gasteiger partial charge in [-0.25, -0.2) is 9.69 Å². The molecular weight excluding hydrogens is 252 g/mol. The van der Waals surface area contributed by atoms with Gasteiger partial charge in [-0.1, -0.05) is 0 Å². The molecule has 0 bridgehead atoms. The lowest BCUT2D eigenvalue weighted by molar-refractivity contribution is -0.384. The quantitative estimate of drug-likeness (QED) is 0.619. The summed E-state index contributed by atoms with van der Waals surface area (Å²) in [7, 11) is 0. The minimum absolute atomic E-state index is 0.0780. The molecule has 1 heterocycles. The summed E-state index contributed by atoms with van der Waals surface area (Å²) in [5.74, 6) is -0.599. The molecule has 1 aromatic rings. The molecule has 7 nitrogen and oxygen atoms in total. The average Bonchev–Trinajstić information content (AvgIpc) is 2.46. The summed E-state index contributed by atoms with van der Waals surface area (Å²) in [6.07, 6.45) is -1.43. The number of carbonyl (C=O) groups excluding carboxylic acids is 1. The van der Waals surface area contributed by atoms with Crippen LogP contribution in [-0.2, 0) is 10.2 Å². The number of nitro groups is 1. The molecule has 0 radical (unpaired) electrons. The highest BCUT2D eigenvalue weighted by molar-refractivity contribution is 6.20. The number of benzene rings is 1. The summed E-state index contributed by atoms with van der Waals surface area (Å²) >= 11 is 0. The van der Waals surface area contributed by atoms with Crippen molar-refractivity contribution in [3.8, 4) is 0 Å². The smallest absolute Gasteiger partial charge is 0.418 e. The van der Waals surface area contributed by atoms with Gasteiger partial charge < -0.3 is 5.11 Å². The van der Waals surface area contributed by atoms with Crippen molar-refractivity contribution in [2.24, 2.45) is 0 Å². The number of hydrogen-bond donors (Lipinski definition) is 1. The van der Waals surface area contributed by atoms with Crippen LogP contribution in [0.1, 0.15) is 25.0 Å². The zero-order valence-corrected chi connectivity index (χ0v) is 10.6. The molecule has 7 heteroatoms. The molecule has 0 spiro atoms. The number of amides is 2. The average molecular weight is 264 g/mol. The van der Waals surface area contributed by atoms with Gasteiger partial charge in [-0.05, 0) is 31.9 Å². The van der Waals surface area contributed by atoms with E-state index in [2.05, 4.69) is 0 Å². The molecule has 0 unspecified atom stereocenters. The van der Waals surface area contributed by atoms with Gasteiger partial charge in [-0.15, -0.1) is 0 Å². The zero-order valence-electron chi connectivity index (χ0n) is 10.6. The van der Waals surface area contributed by atoms with E-state index >= 15 is 0 Å². The second-order valence-corrected chi connectivity index (χ2v) is 4.96. The van der Waals surface area contributed by atoms with Gasteiger partial charge in [0.2, 0.25) is 5.91 Å². The predicted molar refractivity (Wildman–Crippen MR) is 66.4 cm³/mol. The number of imide groups is 1. The zero-order chi connectivity index (χ0) is 14.5. The molecule has 0 atom stereocenters. The van der Waals surface area contributed by atoms with E-state index in [1.54, 1.807) is 20.8 Å². The van der Waals surface area contributed by atoms with Crippen LogP contribution in [0.4, 0.5) is 16.2 Å². The van der Waals surface area contributed by atoms with Crippen molar-refractivity contribution in [3.05, 3.63) is 33.4 Å². The normalized spacial score (nSPS) is 16.4. The summed E-state index contributed by atoms with van der Waals surface area (Å²) in [6, 6.07) is 2.47. The maximum atomic E-state index is 12.1. The van der Waals surface area contributed by atoms with Crippen molar-refractivity contribution in [1.29, 1.82) is 0 Å². The standard InChI is InChI=1S/C12H12N2O5/c1-6-4-7(14(18)19)5-8-9(6)12(2,3)10(15)13(8)11(16)17/h4-5H,1-3H3,(H,16,17). The molecule has 1 aliphatic heterocycles. The first kappa shape index (κ1) is 13.0. The number of rotatable bonds is 1. The minimum atomic E-state index is -1.43. The van der Waals surface area contributed by atoms with Crippen LogP contribution in [-0.4, -0.2) is 22.0 Å². The number of carbonyl (C=O) groups is 2. The Hall–Kier alpha value is -2.44. The predicted octanol–water partition coefficient (Wildman–Crippen LogP) is 2.21. The van der Waals surface area contributed by atoms with Crippen LogP contribution in [0.25, 0.3) is 0 Å². The van der Waals surface area contributed by atoms with Crippen molar-refractivity contribution in [3.63, 3.8) is 0 Å². The Morgan fingerprint density at radius 3 is 2.47 bits per heavy atom. The van der Waals surface area contributed by atoms with E-state index in [1.165, 1.54) is 6.07 Å². The van der Waals surface area contributed by atoms with Crippen LogP contribution in [0, 0.1) is 17.0 Å². The fourth-order valence-corrected chi connectivity index (χ4v) is 2.53. The SMILES string of the molecule is Cc1cc([N+](=O)[O-])cc2c1C(C)(C)C(=O)N2C(=O)O. The largest absolute Gasteiger partial charge is 0.464 e. The molecule has 0 aliphatic carbocycles. The Morgan fingerprint density at radius 1 is 1.42 bits per heavy atom. The highest BCUT2D eigenvalue weighted by Crippen LogP contribution is 2.45. The van der Waals surface area contributed by atoms with E-state index in [1.807, 2.05) is 0 Å². The molecule has 1 aromatic carbocycles. The number of nitrogens with zero attached hydrogens (tertiary/aromatic N) is 2. The van der Waals surface area contributed by atoms with Crippen LogP contribution >= 0.6 is 0 Å². The highest BCUT2D eigenvalue weighted by Gasteiger charge is 2.48. The van der Waals surface area contributed by atoms with Crippen LogP contribution in [0.3, 0.4) is 0 Å². The van der Waals surface area contributed by atoms with Crippen molar-refractivity contribution < 1.29 is 19.6 Å². The summed E-state index contributed by atoms with van der Waals surface area (Å²) in [4.78, 5) is 34.1. The van der Waals surface area contributed by atoms with Gasteiger partial charge in [-0.2, -0.15) is 0 Å². The number of anilines is 1. The maximum absolute atomic E-state index is 12.1. The Morgan fingerprint density at radius 2 is 2.00 bits per heavy atom. The molecule has 0 fully saturated rings. The van der Waals surface area contributed by atoms with E-state index in [-0.39, 0.29) is 11.4 Å². The number of fused-ring (bicyclic) bond motifs is 1. The fraction of sp³-hybridized carbons (Fsp3) is 0.333. The third-order valence-electron chi connectivity index (χ3n) is 3.31. The molecule has 100 valence electrons. The van der Waals surface area contributed by atoms with E-state index in [9.17, 15) is 19.7 Å². The molecule has 1 N–H and O–H groups in total. The second-order valence-electron chi connectivity index (χ2n) is 4.96. The molecule has 19 heavy (non-hydrogen) atoms. The summed E-state index contributed by atoms with van der Waals surface area (Å²) in [5.41, 5.74) is -0.105. The van der Waals surface area contributed by atoms with Gasteiger partial charge in [0.15, 0.2) is 0 Å². The number of aryl methyl sites for hydroxylation is 1. The van der Waals surface area contributed by atoms with Crippen molar-refractivity contribution in [2.75, 3.05) is 4.90 Å². The van der Waals surface area contributed by atoms with Crippen LogP contribution in [0.15, 0.2) is 12.1 Å². The number of hydrogen-bond acceptors (Lipinski definition) is 4. The van der Waals surface area contributed by atoms with Crippen molar-refractivity contribution in [1.82, 2.24) is 0 Å². The highest BCUT2D eigenvalue weighted by atomic mass is 16.6. The van der Waals surface area contributed by atoms with Crippen molar-refractivity contribution >= 4 is 23.4 Å². The second kappa shape index (κ2) is 3.78. The maximum Gasteiger partial charge on any atom is 0.418 e. The van der Waals surface area contributed by atoms with E-state index < -0.39 is 22.3 Å². The van der Waals surface area contributed by atoms with Gasteiger partial charge in [0, 0.05) is 12.1 Å². The summed E-state index contributed by atoms with van der Waals surface area (Å²) in [5, 5.41) is 19.9. The van der Waals surface area contributed by atoms with E-state index in [4.69, 9.17) is 5.11 Å². The van der Waals surface area contributed by atoms with E-state index in [0.717, 1.165) is 6.07 Å². The Bertz CT molecular complexity index is 621. The fourth-order valence-electron chi connectivity index (χ4n) is 2.53. The monoisotopic (exact) mass is 264 g/mol. The Labute approximate surface area is 108 Å². The Balaban J connectivity index is 2.79. The van der Waals surface area contributed by atoms with Crippen LogP contribution in [0.2, 0.25) is 0 Å². The summed E-state index contributed by atoms with van der Waals surface area (Å²) in [6.45, 7) is 4.85. The molecule has 0 saturated heterocycles. The van der Waals surface area contributed by atoms with Crippen LogP contribution in [0.5, 0.6) is 0 Å². The third kappa shape index (κ3) is 1.66. The number of nitro benzene ring substituents is 1. The molecule has 2 amide bonds. The van der Waals surface area contributed by atoms with Crippen molar-refractivity contribution in [2.45, 2.75) is 26.2 Å². The minimum Gasteiger partial charge on any atom is -0.464 e. The van der Waals surface area contributed by atoms with Gasteiger partial charge in [0.1, 0.15) is 0 Å². The number of non-ortho nitro benzene ring substituents is 1. The molecule has 1 aliphatic rings. The van der Waals surface area contributed by atoms with Gasteiger partial charge in [0.25, 0.3) is 5.69 Å². The molecular formula is C12H12N2O5. The lowest BCUT2D eigenvalue weighted by Crippen LogP contribution is -2.39. The molecule has 2 rings (SSSR count). The van der Waals surface area contributed by atoms with Gasteiger partial charge in [-0.3, -0.25) is 14.9 Å². The van der Waals surface area contributed by atoms with Crippen LogP contribution < -0.4 is 4.90 Å². The molecule has 0 aromatic heterocycles. The first-order valence-electron chi connectivity index (χ1n) is 5.55. The lowest BCUT2D eigenvalue weighted by atomic mass is 9.83. The van der Waals surface area contributed by atoms with Gasteiger partial charge >= 0.3 is 6.09 Å². The van der Waals surface area contributed by atoms with Gasteiger partial charge in [0.05, 0.1) is 16.0 Å². The lowest BCUT2D eigenvalue weighted by Gasteiger charge is -2.17. The summed E-state index contributed by atoms with van der Waals surface area (Å²) < 4.78 is 0. The first-order valence-corrected chi connectivity index (χ1v) is 5.55. The third-order valence-corrected chi connectivity index (χ3v) is 3.31. The Kier molecular flexibility index (Phi) is 2.58. The number of carboxylic acid groups (broad SMARTS) is 1. The topological polar surface area (TPSA) is 101 Å². The molecule has 0 saturated carbocycles.